The van der Waals surface area contributed by atoms with E-state index >= 15 is 0 Å². The Balaban J connectivity index is 1.63. The molecule has 1 atom stereocenters. The number of para-hydroxylation sites is 2. The van der Waals surface area contributed by atoms with E-state index in [-0.39, 0.29) is 11.9 Å². The molecule has 0 radical (unpaired) electrons. The minimum Gasteiger partial charge on any atom is -0.380 e. The minimum atomic E-state index is 0.0514. The molecule has 1 aliphatic heterocycles. The van der Waals surface area contributed by atoms with Crippen LogP contribution in [-0.2, 0) is 17.8 Å². The van der Waals surface area contributed by atoms with Crippen LogP contribution in [0.25, 0.3) is 22.2 Å². The number of anilines is 2. The van der Waals surface area contributed by atoms with Crippen molar-refractivity contribution in [2.75, 3.05) is 10.6 Å². The Morgan fingerprint density at radius 1 is 0.967 bits per heavy atom. The predicted molar refractivity (Wildman–Crippen MR) is 124 cm³/mol. The molecule has 3 aromatic carbocycles. The maximum absolute atomic E-state index is 12.2. The van der Waals surface area contributed by atoms with Gasteiger partial charge in [-0.05, 0) is 37.1 Å². The highest BCUT2D eigenvalue weighted by molar-refractivity contribution is 6.01. The lowest BCUT2D eigenvalue weighted by Gasteiger charge is -2.18. The number of fused-ring (bicyclic) bond motifs is 2. The summed E-state index contributed by atoms with van der Waals surface area (Å²) < 4.78 is 2.40. The molecular weight excluding hydrogens is 370 g/mol. The first-order valence-corrected chi connectivity index (χ1v) is 10.5. The quantitative estimate of drug-likeness (QED) is 0.466. The predicted octanol–water partition coefficient (Wildman–Crippen LogP) is 5.69. The van der Waals surface area contributed by atoms with Crippen LogP contribution in [0.1, 0.15) is 18.9 Å². The van der Waals surface area contributed by atoms with Gasteiger partial charge in [0.15, 0.2) is 0 Å². The van der Waals surface area contributed by atoms with Crippen molar-refractivity contribution in [3.05, 3.63) is 84.4 Å². The van der Waals surface area contributed by atoms with Crippen LogP contribution in [0.2, 0.25) is 0 Å². The Hall–Kier alpha value is -3.53. The lowest BCUT2D eigenvalue weighted by Crippen LogP contribution is -2.19. The number of nitrogens with zero attached hydrogens (tertiary/aromatic N) is 1. The molecule has 1 unspecified atom stereocenters. The van der Waals surface area contributed by atoms with Gasteiger partial charge in [-0.3, -0.25) is 4.79 Å². The zero-order chi connectivity index (χ0) is 20.5. The highest BCUT2D eigenvalue weighted by atomic mass is 16.1. The number of carbonyl (C=O) groups is 1. The number of amides is 1. The molecule has 4 nitrogen and oxygen atoms in total. The molecule has 4 heteroatoms. The largest absolute Gasteiger partial charge is 0.380 e. The van der Waals surface area contributed by atoms with E-state index in [0.717, 1.165) is 29.9 Å². The highest BCUT2D eigenvalue weighted by Crippen LogP contribution is 2.39. The molecule has 1 amide bonds. The Morgan fingerprint density at radius 2 is 1.77 bits per heavy atom. The van der Waals surface area contributed by atoms with Gasteiger partial charge < -0.3 is 15.2 Å². The second-order valence-corrected chi connectivity index (χ2v) is 8.00. The molecule has 0 saturated carbocycles. The molecule has 1 aliphatic rings. The van der Waals surface area contributed by atoms with E-state index < -0.39 is 0 Å². The Kier molecular flexibility index (Phi) is 4.75. The van der Waals surface area contributed by atoms with Gasteiger partial charge in [0.25, 0.3) is 0 Å². The number of aryl methyl sites for hydroxylation is 2. The molecule has 5 rings (SSSR count). The second-order valence-electron chi connectivity index (χ2n) is 8.00. The summed E-state index contributed by atoms with van der Waals surface area (Å²) in [5.74, 6) is 0.0514. The molecule has 0 spiro atoms. The first-order chi connectivity index (χ1) is 14.7. The van der Waals surface area contributed by atoms with Crippen LogP contribution in [-0.4, -0.2) is 16.5 Å². The van der Waals surface area contributed by atoms with Crippen molar-refractivity contribution in [2.45, 2.75) is 32.4 Å². The number of carbonyl (C=O) groups excluding carboxylic acids is 1. The van der Waals surface area contributed by atoms with Crippen LogP contribution in [0.4, 0.5) is 11.4 Å². The average Bonchev–Trinajstić information content (AvgIpc) is 3.04. The van der Waals surface area contributed by atoms with Gasteiger partial charge in [-0.1, -0.05) is 60.7 Å². The number of rotatable bonds is 4. The van der Waals surface area contributed by atoms with Crippen molar-refractivity contribution in [3.8, 4) is 11.3 Å². The van der Waals surface area contributed by atoms with E-state index in [9.17, 15) is 4.79 Å². The maximum atomic E-state index is 12.2. The summed E-state index contributed by atoms with van der Waals surface area (Å²) in [4.78, 5) is 12.2. The Bertz CT molecular complexity index is 1210. The van der Waals surface area contributed by atoms with Crippen LogP contribution >= 0.6 is 0 Å². The van der Waals surface area contributed by atoms with Crippen LogP contribution in [0, 0.1) is 0 Å². The van der Waals surface area contributed by atoms with Crippen molar-refractivity contribution in [1.82, 2.24) is 4.57 Å². The van der Waals surface area contributed by atoms with Crippen molar-refractivity contribution in [2.24, 2.45) is 0 Å². The summed E-state index contributed by atoms with van der Waals surface area (Å²) in [5.41, 5.74) is 6.69. The summed E-state index contributed by atoms with van der Waals surface area (Å²) in [6.07, 6.45) is 1.42. The first-order valence-electron chi connectivity index (χ1n) is 10.5. The van der Waals surface area contributed by atoms with Crippen molar-refractivity contribution in [1.29, 1.82) is 0 Å². The summed E-state index contributed by atoms with van der Waals surface area (Å²) in [7, 11) is 0. The molecule has 0 saturated heterocycles. The molecule has 1 aromatic heterocycles. The zero-order valence-corrected chi connectivity index (χ0v) is 17.1. The van der Waals surface area contributed by atoms with Crippen LogP contribution in [0.5, 0.6) is 0 Å². The lowest BCUT2D eigenvalue weighted by atomic mass is 10.1. The fraction of sp³-hybridized carbons (Fsp3) is 0.192. The topological polar surface area (TPSA) is 46.1 Å². The van der Waals surface area contributed by atoms with Gasteiger partial charge in [0, 0.05) is 35.5 Å². The maximum Gasteiger partial charge on any atom is 0.226 e. The lowest BCUT2D eigenvalue weighted by molar-refractivity contribution is -0.116. The van der Waals surface area contributed by atoms with E-state index in [1.165, 1.54) is 22.2 Å². The second kappa shape index (κ2) is 7.71. The highest BCUT2D eigenvalue weighted by Gasteiger charge is 2.22. The summed E-state index contributed by atoms with van der Waals surface area (Å²) in [5, 5.41) is 7.86. The van der Waals surface area contributed by atoms with Gasteiger partial charge in [-0.15, -0.1) is 0 Å². The number of aromatic nitrogens is 1. The van der Waals surface area contributed by atoms with Gasteiger partial charge >= 0.3 is 0 Å². The van der Waals surface area contributed by atoms with Gasteiger partial charge in [-0.25, -0.2) is 0 Å². The normalized spacial score (nSPS) is 15.9. The standard InChI is InChI=1S/C26H25N3O/c1-18-16-25(30)28-22-12-7-11-21(26(22)27-18)24-17-20-10-5-6-13-23(20)29(24)15-14-19-8-3-2-4-9-19/h2-13,17-18,27H,14-16H2,1H3,(H,28,30). The van der Waals surface area contributed by atoms with Gasteiger partial charge in [0.2, 0.25) is 5.91 Å². The first kappa shape index (κ1) is 18.5. The third-order valence-corrected chi connectivity index (χ3v) is 5.77. The summed E-state index contributed by atoms with van der Waals surface area (Å²) in [6, 6.07) is 27.6. The fourth-order valence-electron chi connectivity index (χ4n) is 4.36. The molecule has 2 heterocycles. The van der Waals surface area contributed by atoms with E-state index in [1.54, 1.807) is 0 Å². The molecule has 0 aliphatic carbocycles. The van der Waals surface area contributed by atoms with Gasteiger partial charge in [0.05, 0.1) is 17.1 Å². The number of nitrogens with one attached hydrogen (secondary N) is 2. The van der Waals surface area contributed by atoms with Gasteiger partial charge in [0.1, 0.15) is 0 Å². The van der Waals surface area contributed by atoms with E-state index in [1.807, 2.05) is 12.1 Å². The van der Waals surface area contributed by atoms with Crippen LogP contribution < -0.4 is 10.6 Å². The van der Waals surface area contributed by atoms with Crippen LogP contribution in [0.15, 0.2) is 78.9 Å². The number of hydrogen-bond acceptors (Lipinski definition) is 2. The molecule has 0 fully saturated rings. The minimum absolute atomic E-state index is 0.0514. The monoisotopic (exact) mass is 395 g/mol. The van der Waals surface area contributed by atoms with Crippen molar-refractivity contribution < 1.29 is 4.79 Å². The fourth-order valence-corrected chi connectivity index (χ4v) is 4.36. The van der Waals surface area contributed by atoms with Gasteiger partial charge in [-0.2, -0.15) is 0 Å². The Morgan fingerprint density at radius 3 is 2.63 bits per heavy atom. The molecule has 30 heavy (non-hydrogen) atoms. The summed E-state index contributed by atoms with van der Waals surface area (Å²) >= 11 is 0. The third kappa shape index (κ3) is 3.45. The molecule has 2 N–H and O–H groups in total. The zero-order valence-electron chi connectivity index (χ0n) is 17.1. The molecule has 4 aromatic rings. The Labute approximate surface area is 176 Å². The number of hydrogen-bond donors (Lipinski definition) is 2. The third-order valence-electron chi connectivity index (χ3n) is 5.77. The average molecular weight is 396 g/mol. The molecule has 0 bridgehead atoms. The molecular formula is C26H25N3O. The summed E-state index contributed by atoms with van der Waals surface area (Å²) in [6.45, 7) is 2.94. The number of benzene rings is 3. The van der Waals surface area contributed by atoms with E-state index in [2.05, 4.69) is 88.9 Å². The van der Waals surface area contributed by atoms with Crippen LogP contribution in [0.3, 0.4) is 0 Å². The van der Waals surface area contributed by atoms with E-state index in [0.29, 0.717) is 6.42 Å². The van der Waals surface area contributed by atoms with Crippen molar-refractivity contribution in [3.63, 3.8) is 0 Å². The SMILES string of the molecule is CC1CC(=O)Nc2cccc(-c3cc4ccccc4n3CCc3ccccc3)c2N1. The smallest absolute Gasteiger partial charge is 0.226 e. The van der Waals surface area contributed by atoms with E-state index in [4.69, 9.17) is 0 Å². The van der Waals surface area contributed by atoms with Crippen molar-refractivity contribution >= 4 is 28.2 Å². The molecule has 150 valence electrons.